The number of ketones is 2. The molecule has 0 aliphatic rings. The first-order chi connectivity index (χ1) is 23.5. The third kappa shape index (κ3) is 7.36. The summed E-state index contributed by atoms with van der Waals surface area (Å²) in [5.41, 5.74) is 2.30. The number of ether oxygens (including phenoxy) is 3. The Labute approximate surface area is 286 Å². The molecular weight excluding hydrogens is 644 g/mol. The maximum atomic E-state index is 14.8. The minimum absolute atomic E-state index is 0.00767. The number of benzene rings is 4. The van der Waals surface area contributed by atoms with E-state index in [1.165, 1.54) is 37.1 Å². The number of nitrogens with zero attached hydrogens (tertiary/aromatic N) is 2. The molecule has 10 nitrogen and oxygen atoms in total. The number of methoxy groups -OCH3 is 1. The monoisotopic (exact) mass is 682 g/mol. The maximum absolute atomic E-state index is 14.8. The zero-order valence-electron chi connectivity index (χ0n) is 28.0. The van der Waals surface area contributed by atoms with Gasteiger partial charge in [-0.15, -0.1) is 0 Å². The number of Topliss-reactive ketones (excluding diaryl/α,β-unsaturated/α-hetero) is 2. The van der Waals surface area contributed by atoms with Crippen molar-refractivity contribution in [2.45, 2.75) is 45.4 Å². The van der Waals surface area contributed by atoms with E-state index in [2.05, 4.69) is 0 Å². The summed E-state index contributed by atoms with van der Waals surface area (Å²) >= 11 is 0. The van der Waals surface area contributed by atoms with Crippen LogP contribution in [0.1, 0.15) is 38.8 Å². The molecule has 5 rings (SSSR count). The van der Waals surface area contributed by atoms with Crippen molar-refractivity contribution in [1.82, 2.24) is 8.96 Å². The number of aromatic hydroxyl groups is 1. The molecule has 0 spiro atoms. The minimum atomic E-state index is -4.36. The third-order valence-corrected chi connectivity index (χ3v) is 9.41. The highest BCUT2D eigenvalue weighted by Crippen LogP contribution is 2.44. The number of carbonyl (C=O) groups is 2. The van der Waals surface area contributed by atoms with Crippen LogP contribution in [0.3, 0.4) is 0 Å². The van der Waals surface area contributed by atoms with Crippen LogP contribution < -0.4 is 14.2 Å². The molecule has 0 atom stereocenters. The van der Waals surface area contributed by atoms with Crippen molar-refractivity contribution in [2.75, 3.05) is 20.3 Å². The highest BCUT2D eigenvalue weighted by molar-refractivity contribution is 7.90. The van der Waals surface area contributed by atoms with E-state index in [9.17, 15) is 23.1 Å². The van der Waals surface area contributed by atoms with Gasteiger partial charge in [-0.1, -0.05) is 18.2 Å². The molecule has 254 valence electrons. The summed E-state index contributed by atoms with van der Waals surface area (Å²) in [5, 5.41) is 11.1. The average molecular weight is 683 g/mol. The van der Waals surface area contributed by atoms with Gasteiger partial charge in [0.1, 0.15) is 40.3 Å². The first kappa shape index (κ1) is 34.9. The number of phenolic OH excluding ortho intramolecular Hbond substituents is 1. The summed E-state index contributed by atoms with van der Waals surface area (Å²) in [6, 6.07) is 23.3. The summed E-state index contributed by atoms with van der Waals surface area (Å²) in [4.78, 5) is 29.6. The van der Waals surface area contributed by atoms with Crippen LogP contribution in [0, 0.1) is 0 Å². The number of imidazole rings is 1. The zero-order chi connectivity index (χ0) is 35.3. The molecule has 0 amide bonds. The Morgan fingerprint density at radius 2 is 1.35 bits per heavy atom. The maximum Gasteiger partial charge on any atom is 0.270 e. The van der Waals surface area contributed by atoms with Crippen molar-refractivity contribution in [3.8, 4) is 56.9 Å². The van der Waals surface area contributed by atoms with Crippen LogP contribution in [0.25, 0.3) is 33.9 Å². The van der Waals surface area contributed by atoms with Gasteiger partial charge < -0.3 is 19.3 Å². The molecule has 0 radical (unpaired) electrons. The fraction of sp³-hybridized carbons (Fsp3) is 0.237. The van der Waals surface area contributed by atoms with Gasteiger partial charge >= 0.3 is 0 Å². The van der Waals surface area contributed by atoms with E-state index >= 15 is 0 Å². The van der Waals surface area contributed by atoms with E-state index in [1.807, 2.05) is 13.8 Å². The van der Waals surface area contributed by atoms with Crippen LogP contribution in [0.4, 0.5) is 0 Å². The fourth-order valence-corrected chi connectivity index (χ4v) is 7.17. The topological polar surface area (TPSA) is 134 Å². The number of hydrogen-bond acceptors (Lipinski definition) is 9. The smallest absolute Gasteiger partial charge is 0.270 e. The fourth-order valence-electron chi connectivity index (χ4n) is 5.66. The predicted octanol–water partition coefficient (Wildman–Crippen LogP) is 6.90. The van der Waals surface area contributed by atoms with Gasteiger partial charge in [-0.25, -0.2) is 17.4 Å². The van der Waals surface area contributed by atoms with E-state index in [4.69, 9.17) is 19.2 Å². The lowest BCUT2D eigenvalue weighted by molar-refractivity contribution is -0.117. The molecule has 0 saturated heterocycles. The summed E-state index contributed by atoms with van der Waals surface area (Å²) < 4.78 is 48.0. The molecule has 11 heteroatoms. The van der Waals surface area contributed by atoms with Crippen molar-refractivity contribution >= 4 is 21.6 Å². The van der Waals surface area contributed by atoms with Gasteiger partial charge in [-0.05, 0) is 88.4 Å². The van der Waals surface area contributed by atoms with Gasteiger partial charge in [0.25, 0.3) is 10.0 Å². The number of phenols is 1. The van der Waals surface area contributed by atoms with Crippen molar-refractivity contribution in [2.24, 2.45) is 0 Å². The number of hydrogen-bond donors (Lipinski definition) is 1. The third-order valence-electron chi connectivity index (χ3n) is 7.70. The van der Waals surface area contributed by atoms with Gasteiger partial charge in [0.2, 0.25) is 0 Å². The van der Waals surface area contributed by atoms with Crippen molar-refractivity contribution in [3.63, 3.8) is 0 Å². The molecule has 1 N–H and O–H groups in total. The zero-order valence-corrected chi connectivity index (χ0v) is 28.8. The molecule has 1 heterocycles. The SMILES string of the molecule is CCOc1ccc(-c2c(-c3ccc(OCC)cc3OC)nc(-c3cc(CC(C)=O)c(O)c(CC(C)=O)c3)n2S(=O)(=O)c2ccccc2)cc1. The Morgan fingerprint density at radius 3 is 1.90 bits per heavy atom. The van der Waals surface area contributed by atoms with E-state index in [0.717, 1.165) is 0 Å². The lowest BCUT2D eigenvalue weighted by Gasteiger charge is -2.16. The lowest BCUT2D eigenvalue weighted by atomic mass is 9.97. The number of carbonyl (C=O) groups excluding carboxylic acids is 2. The molecule has 5 aromatic rings. The van der Waals surface area contributed by atoms with E-state index in [1.54, 1.807) is 72.8 Å². The first-order valence-electron chi connectivity index (χ1n) is 15.8. The molecule has 0 aliphatic carbocycles. The molecule has 0 saturated carbocycles. The van der Waals surface area contributed by atoms with Gasteiger partial charge in [-0.3, -0.25) is 9.59 Å². The van der Waals surface area contributed by atoms with Gasteiger partial charge in [0.05, 0.1) is 30.9 Å². The lowest BCUT2D eigenvalue weighted by Crippen LogP contribution is -2.16. The van der Waals surface area contributed by atoms with Crippen LogP contribution in [-0.2, 0) is 32.5 Å². The van der Waals surface area contributed by atoms with E-state index in [-0.39, 0.29) is 69.0 Å². The van der Waals surface area contributed by atoms with Crippen LogP contribution >= 0.6 is 0 Å². The Kier molecular flexibility index (Phi) is 10.5. The second-order valence-electron chi connectivity index (χ2n) is 11.4. The quantitative estimate of drug-likeness (QED) is 0.133. The average Bonchev–Trinajstić information content (AvgIpc) is 3.48. The van der Waals surface area contributed by atoms with Gasteiger partial charge in [-0.2, -0.15) is 0 Å². The molecule has 49 heavy (non-hydrogen) atoms. The number of aromatic nitrogens is 2. The predicted molar refractivity (Wildman–Crippen MR) is 187 cm³/mol. The van der Waals surface area contributed by atoms with Crippen LogP contribution in [0.15, 0.2) is 89.8 Å². The second-order valence-corrected chi connectivity index (χ2v) is 13.2. The Bertz CT molecular complexity index is 2070. The highest BCUT2D eigenvalue weighted by Gasteiger charge is 2.32. The Hall–Kier alpha value is -5.42. The van der Waals surface area contributed by atoms with E-state index < -0.39 is 10.0 Å². The highest BCUT2D eigenvalue weighted by atomic mass is 32.2. The largest absolute Gasteiger partial charge is 0.507 e. The van der Waals surface area contributed by atoms with Crippen LogP contribution in [0.5, 0.6) is 23.0 Å². The summed E-state index contributed by atoms with van der Waals surface area (Å²) in [6.07, 6.45) is -0.274. The Morgan fingerprint density at radius 1 is 0.776 bits per heavy atom. The first-order valence-corrected chi connectivity index (χ1v) is 17.2. The molecule has 0 unspecified atom stereocenters. The molecule has 4 aromatic carbocycles. The summed E-state index contributed by atoms with van der Waals surface area (Å²) in [7, 11) is -2.86. The summed E-state index contributed by atoms with van der Waals surface area (Å²) in [6.45, 7) is 7.39. The summed E-state index contributed by atoms with van der Waals surface area (Å²) in [5.74, 6) is 0.916. The minimum Gasteiger partial charge on any atom is -0.507 e. The second kappa shape index (κ2) is 14.8. The molecule has 1 aromatic heterocycles. The normalized spacial score (nSPS) is 11.3. The standard InChI is InChI=1S/C38H38N2O8S/c1-6-47-30-15-13-26(14-16-30)36-35(33-18-17-31(48-7-2)23-34(33)46-5)39-38(40(36)49(44,45)32-11-9-8-10-12-32)29-21-27(19-24(3)41)37(43)28(22-29)20-25(4)42/h8-18,21-23,43H,6-7,19-20H2,1-5H3. The molecule has 0 fully saturated rings. The Balaban J connectivity index is 1.95. The van der Waals surface area contributed by atoms with Gasteiger partial charge in [0.15, 0.2) is 5.82 Å². The number of rotatable bonds is 14. The molecule has 0 aliphatic heterocycles. The van der Waals surface area contributed by atoms with Crippen molar-refractivity contribution in [3.05, 3.63) is 96.1 Å². The molecule has 0 bridgehead atoms. The van der Waals surface area contributed by atoms with Crippen molar-refractivity contribution in [1.29, 1.82) is 0 Å². The van der Waals surface area contributed by atoms with Gasteiger partial charge in [0, 0.05) is 46.7 Å². The van der Waals surface area contributed by atoms with Crippen LogP contribution in [0.2, 0.25) is 0 Å². The van der Waals surface area contributed by atoms with Crippen LogP contribution in [-0.4, -0.2) is 54.4 Å². The molecular formula is C38H38N2O8S. The van der Waals surface area contributed by atoms with Crippen molar-refractivity contribution < 1.29 is 37.3 Å². The van der Waals surface area contributed by atoms with E-state index in [0.29, 0.717) is 41.6 Å².